The molecule has 112 valence electrons. The number of hydrogen-bond donors (Lipinski definition) is 1. The minimum Gasteiger partial charge on any atom is -0.376 e. The van der Waals surface area contributed by atoms with E-state index in [0.717, 1.165) is 37.8 Å². The molecule has 20 heavy (non-hydrogen) atoms. The summed E-state index contributed by atoms with van der Waals surface area (Å²) in [5.74, 6) is 0. The van der Waals surface area contributed by atoms with Crippen LogP contribution in [0.3, 0.4) is 0 Å². The van der Waals surface area contributed by atoms with Crippen LogP contribution in [0.5, 0.6) is 0 Å². The number of rotatable bonds is 7. The van der Waals surface area contributed by atoms with E-state index in [4.69, 9.17) is 16.3 Å². The van der Waals surface area contributed by atoms with Gasteiger partial charge in [-0.1, -0.05) is 24.6 Å². The van der Waals surface area contributed by atoms with Gasteiger partial charge >= 0.3 is 0 Å². The van der Waals surface area contributed by atoms with Crippen molar-refractivity contribution in [2.75, 3.05) is 31.1 Å². The molecule has 1 aromatic carbocycles. The second-order valence-corrected chi connectivity index (χ2v) is 5.66. The average Bonchev–Trinajstić information content (AvgIpc) is 2.96. The Morgan fingerprint density at radius 2 is 2.25 bits per heavy atom. The Morgan fingerprint density at radius 1 is 1.40 bits per heavy atom. The minimum absolute atomic E-state index is 0.362. The van der Waals surface area contributed by atoms with Gasteiger partial charge in [-0.05, 0) is 44.0 Å². The van der Waals surface area contributed by atoms with Crippen molar-refractivity contribution < 1.29 is 4.74 Å². The summed E-state index contributed by atoms with van der Waals surface area (Å²) in [6.07, 6.45) is 2.71. The Kier molecular flexibility index (Phi) is 6.14. The fourth-order valence-corrected chi connectivity index (χ4v) is 2.84. The first-order chi connectivity index (χ1) is 9.74. The van der Waals surface area contributed by atoms with E-state index in [1.165, 1.54) is 24.1 Å². The van der Waals surface area contributed by atoms with Gasteiger partial charge in [0.1, 0.15) is 0 Å². The molecule has 1 aliphatic heterocycles. The maximum absolute atomic E-state index is 6.19. The van der Waals surface area contributed by atoms with Crippen LogP contribution < -0.4 is 10.2 Å². The lowest BCUT2D eigenvalue weighted by molar-refractivity contribution is 0.115. The van der Waals surface area contributed by atoms with Gasteiger partial charge in [-0.2, -0.15) is 0 Å². The van der Waals surface area contributed by atoms with Gasteiger partial charge in [0.15, 0.2) is 0 Å². The van der Waals surface area contributed by atoms with Crippen molar-refractivity contribution in [2.24, 2.45) is 0 Å². The Bertz CT molecular complexity index is 419. The van der Waals surface area contributed by atoms with Crippen LogP contribution in [0.1, 0.15) is 32.3 Å². The molecule has 0 amide bonds. The second-order valence-electron chi connectivity index (χ2n) is 5.23. The first-order valence-electron chi connectivity index (χ1n) is 7.60. The Hall–Kier alpha value is -0.770. The lowest BCUT2D eigenvalue weighted by Crippen LogP contribution is -2.33. The van der Waals surface area contributed by atoms with Crippen molar-refractivity contribution in [1.29, 1.82) is 0 Å². The normalized spacial score (nSPS) is 18.4. The Morgan fingerprint density at radius 3 is 2.90 bits per heavy atom. The van der Waals surface area contributed by atoms with Gasteiger partial charge < -0.3 is 15.0 Å². The van der Waals surface area contributed by atoms with E-state index in [2.05, 4.69) is 36.2 Å². The van der Waals surface area contributed by atoms with E-state index in [0.29, 0.717) is 6.10 Å². The Balaban J connectivity index is 2.15. The number of benzene rings is 1. The molecule has 1 unspecified atom stereocenters. The summed E-state index contributed by atoms with van der Waals surface area (Å²) in [5.41, 5.74) is 2.53. The molecule has 1 atom stereocenters. The third-order valence-electron chi connectivity index (χ3n) is 3.78. The maximum atomic E-state index is 6.19. The molecule has 1 fully saturated rings. The lowest BCUT2D eigenvalue weighted by atomic mass is 10.1. The highest BCUT2D eigenvalue weighted by Crippen LogP contribution is 2.26. The van der Waals surface area contributed by atoms with Crippen LogP contribution in [-0.2, 0) is 11.3 Å². The van der Waals surface area contributed by atoms with E-state index < -0.39 is 0 Å². The molecule has 0 radical (unpaired) electrons. The van der Waals surface area contributed by atoms with E-state index in [1.807, 2.05) is 6.07 Å². The van der Waals surface area contributed by atoms with Crippen molar-refractivity contribution in [1.82, 2.24) is 5.32 Å². The average molecular weight is 297 g/mol. The quantitative estimate of drug-likeness (QED) is 0.834. The van der Waals surface area contributed by atoms with Gasteiger partial charge in [-0.3, -0.25) is 0 Å². The van der Waals surface area contributed by atoms with Gasteiger partial charge in [-0.15, -0.1) is 0 Å². The first kappa shape index (κ1) is 15.6. The minimum atomic E-state index is 0.362. The van der Waals surface area contributed by atoms with E-state index >= 15 is 0 Å². The topological polar surface area (TPSA) is 24.5 Å². The summed E-state index contributed by atoms with van der Waals surface area (Å²) in [6.45, 7) is 8.99. The molecular weight excluding hydrogens is 272 g/mol. The SMILES string of the molecule is CCNCc1ccc(Cl)cc1N(CC)CC1CCCO1. The molecule has 0 spiro atoms. The summed E-state index contributed by atoms with van der Waals surface area (Å²) in [7, 11) is 0. The molecule has 0 saturated carbocycles. The van der Waals surface area contributed by atoms with Crippen LogP contribution in [0.2, 0.25) is 5.02 Å². The molecule has 0 bridgehead atoms. The van der Waals surface area contributed by atoms with Crippen LogP contribution in [0, 0.1) is 0 Å². The van der Waals surface area contributed by atoms with Crippen LogP contribution in [-0.4, -0.2) is 32.3 Å². The molecule has 1 saturated heterocycles. The highest BCUT2D eigenvalue weighted by Gasteiger charge is 2.20. The molecule has 0 aromatic heterocycles. The van der Waals surface area contributed by atoms with E-state index in [-0.39, 0.29) is 0 Å². The molecule has 3 nitrogen and oxygen atoms in total. The van der Waals surface area contributed by atoms with E-state index in [9.17, 15) is 0 Å². The second kappa shape index (κ2) is 7.87. The first-order valence-corrected chi connectivity index (χ1v) is 7.98. The summed E-state index contributed by atoms with van der Waals surface area (Å²) in [5, 5.41) is 4.19. The smallest absolute Gasteiger partial charge is 0.0750 e. The van der Waals surface area contributed by atoms with Gasteiger partial charge in [0.2, 0.25) is 0 Å². The third-order valence-corrected chi connectivity index (χ3v) is 4.02. The zero-order valence-corrected chi connectivity index (χ0v) is 13.2. The molecule has 0 aliphatic carbocycles. The van der Waals surface area contributed by atoms with Crippen molar-refractivity contribution in [2.45, 2.75) is 39.3 Å². The fourth-order valence-electron chi connectivity index (χ4n) is 2.67. The molecular formula is C16H25ClN2O. The fraction of sp³-hybridized carbons (Fsp3) is 0.625. The molecule has 4 heteroatoms. The number of nitrogens with one attached hydrogen (secondary N) is 1. The highest BCUT2D eigenvalue weighted by molar-refractivity contribution is 6.30. The maximum Gasteiger partial charge on any atom is 0.0750 e. The molecule has 1 N–H and O–H groups in total. The van der Waals surface area contributed by atoms with Crippen LogP contribution in [0.4, 0.5) is 5.69 Å². The van der Waals surface area contributed by atoms with Gasteiger partial charge in [-0.25, -0.2) is 0 Å². The molecule has 1 aliphatic rings. The van der Waals surface area contributed by atoms with Crippen molar-refractivity contribution in [3.05, 3.63) is 28.8 Å². The zero-order valence-electron chi connectivity index (χ0n) is 12.5. The Labute approximate surface area is 127 Å². The molecule has 1 aromatic rings. The summed E-state index contributed by atoms with van der Waals surface area (Å²) < 4.78 is 5.77. The van der Waals surface area contributed by atoms with Gasteiger partial charge in [0, 0.05) is 37.0 Å². The number of ether oxygens (including phenoxy) is 1. The standard InChI is InChI=1S/C16H25ClN2O/c1-3-18-11-13-7-8-14(17)10-16(13)19(4-2)12-15-6-5-9-20-15/h7-8,10,15,18H,3-6,9,11-12H2,1-2H3. The summed E-state index contributed by atoms with van der Waals surface area (Å²) in [6, 6.07) is 6.17. The predicted molar refractivity (Wildman–Crippen MR) is 85.7 cm³/mol. The van der Waals surface area contributed by atoms with Crippen LogP contribution >= 0.6 is 11.6 Å². The highest BCUT2D eigenvalue weighted by atomic mass is 35.5. The van der Waals surface area contributed by atoms with Crippen molar-refractivity contribution in [3.63, 3.8) is 0 Å². The van der Waals surface area contributed by atoms with Crippen molar-refractivity contribution >= 4 is 17.3 Å². The van der Waals surface area contributed by atoms with E-state index in [1.54, 1.807) is 0 Å². The third kappa shape index (κ3) is 4.11. The predicted octanol–water partition coefficient (Wildman–Crippen LogP) is 3.45. The van der Waals surface area contributed by atoms with Gasteiger partial charge in [0.05, 0.1) is 6.10 Å². The molecule has 2 rings (SSSR count). The number of anilines is 1. The van der Waals surface area contributed by atoms with Crippen LogP contribution in [0.25, 0.3) is 0 Å². The van der Waals surface area contributed by atoms with Crippen LogP contribution in [0.15, 0.2) is 18.2 Å². The van der Waals surface area contributed by atoms with Crippen molar-refractivity contribution in [3.8, 4) is 0 Å². The summed E-state index contributed by atoms with van der Waals surface area (Å²) in [4.78, 5) is 2.38. The molecule has 1 heterocycles. The van der Waals surface area contributed by atoms with Gasteiger partial charge in [0.25, 0.3) is 0 Å². The number of nitrogens with zero attached hydrogens (tertiary/aromatic N) is 1. The number of likely N-dealkylation sites (N-methyl/N-ethyl adjacent to an activating group) is 1. The largest absolute Gasteiger partial charge is 0.376 e. The monoisotopic (exact) mass is 296 g/mol. The number of hydrogen-bond acceptors (Lipinski definition) is 3. The zero-order chi connectivity index (χ0) is 14.4. The number of halogens is 1. The lowest BCUT2D eigenvalue weighted by Gasteiger charge is -2.28. The summed E-state index contributed by atoms with van der Waals surface area (Å²) >= 11 is 6.19.